The Balaban J connectivity index is 1.21. The molecule has 8 aromatic carbocycles. The second-order valence-electron chi connectivity index (χ2n) is 13.5. The number of rotatable bonds is 4. The first kappa shape index (κ1) is 29.4. The molecular formula is C49H28N2O2. The van der Waals surface area contributed by atoms with Crippen LogP contribution in [0, 0.1) is 6.57 Å². The lowest BCUT2D eigenvalue weighted by atomic mass is 9.97. The Hall–Kier alpha value is -7.35. The molecule has 0 aliphatic heterocycles. The van der Waals surface area contributed by atoms with Gasteiger partial charge in [-0.3, -0.25) is 0 Å². The SMILES string of the molecule is [C-]#[N+]c1ccc(-c2cccc3c2oc2ccccc23)c2c1oc1c(-n3c4ccc(-c5ccccc5)cc4c4cc(-c5ccccc5)ccc43)cccc12. The lowest BCUT2D eigenvalue weighted by Crippen LogP contribution is -1.94. The lowest BCUT2D eigenvalue weighted by molar-refractivity contribution is 0.668. The van der Waals surface area contributed by atoms with E-state index in [1.54, 1.807) is 0 Å². The van der Waals surface area contributed by atoms with Crippen LogP contribution in [0.3, 0.4) is 0 Å². The summed E-state index contributed by atoms with van der Waals surface area (Å²) in [5.41, 5.74) is 13.1. The largest absolute Gasteiger partial charge is 0.465 e. The average molecular weight is 677 g/mol. The van der Waals surface area contributed by atoms with Crippen molar-refractivity contribution in [1.29, 1.82) is 0 Å². The highest BCUT2D eigenvalue weighted by atomic mass is 16.3. The maximum absolute atomic E-state index is 8.11. The van der Waals surface area contributed by atoms with Crippen LogP contribution in [0.5, 0.6) is 0 Å². The second-order valence-corrected chi connectivity index (χ2v) is 13.5. The molecule has 0 amide bonds. The van der Waals surface area contributed by atoms with Crippen molar-refractivity contribution in [2.45, 2.75) is 0 Å². The van der Waals surface area contributed by atoms with E-state index in [2.05, 4.69) is 149 Å². The molecule has 0 saturated carbocycles. The zero-order valence-electron chi connectivity index (χ0n) is 28.4. The summed E-state index contributed by atoms with van der Waals surface area (Å²) >= 11 is 0. The summed E-state index contributed by atoms with van der Waals surface area (Å²) in [5.74, 6) is 0. The van der Waals surface area contributed by atoms with Crippen molar-refractivity contribution < 1.29 is 8.83 Å². The smallest absolute Gasteiger partial charge is 0.229 e. The van der Waals surface area contributed by atoms with Crippen LogP contribution in [0.15, 0.2) is 179 Å². The van der Waals surface area contributed by atoms with E-state index in [1.807, 2.05) is 30.3 Å². The summed E-state index contributed by atoms with van der Waals surface area (Å²) in [6.45, 7) is 8.11. The molecule has 0 aliphatic carbocycles. The average Bonchev–Trinajstić information content (AvgIpc) is 3.91. The first-order chi connectivity index (χ1) is 26.2. The van der Waals surface area contributed by atoms with Crippen LogP contribution in [0.1, 0.15) is 0 Å². The van der Waals surface area contributed by atoms with Gasteiger partial charge in [0.1, 0.15) is 16.7 Å². The Bertz CT molecular complexity index is 3190. The van der Waals surface area contributed by atoms with Crippen molar-refractivity contribution in [2.75, 3.05) is 0 Å². The Morgan fingerprint density at radius 1 is 0.415 bits per heavy atom. The number of para-hydroxylation sites is 3. The van der Waals surface area contributed by atoms with Crippen molar-refractivity contribution in [1.82, 2.24) is 4.57 Å². The zero-order chi connectivity index (χ0) is 35.0. The number of furan rings is 2. The van der Waals surface area contributed by atoms with Crippen molar-refractivity contribution in [3.63, 3.8) is 0 Å². The fourth-order valence-electron chi connectivity index (χ4n) is 8.22. The molecular weight excluding hydrogens is 649 g/mol. The van der Waals surface area contributed by atoms with Gasteiger partial charge in [-0.2, -0.15) is 0 Å². The molecule has 0 aliphatic rings. The molecule has 0 bridgehead atoms. The van der Waals surface area contributed by atoms with E-state index < -0.39 is 0 Å². The number of hydrogen-bond acceptors (Lipinski definition) is 2. The van der Waals surface area contributed by atoms with Crippen LogP contribution in [-0.4, -0.2) is 4.57 Å². The van der Waals surface area contributed by atoms with Gasteiger partial charge >= 0.3 is 0 Å². The van der Waals surface area contributed by atoms with E-state index in [4.69, 9.17) is 15.4 Å². The van der Waals surface area contributed by atoms with Gasteiger partial charge < -0.3 is 13.4 Å². The summed E-state index contributed by atoms with van der Waals surface area (Å²) in [6.07, 6.45) is 0. The maximum Gasteiger partial charge on any atom is 0.229 e. The highest BCUT2D eigenvalue weighted by Gasteiger charge is 2.23. The van der Waals surface area contributed by atoms with Crippen molar-refractivity contribution in [2.24, 2.45) is 0 Å². The fraction of sp³-hybridized carbons (Fsp3) is 0. The van der Waals surface area contributed by atoms with E-state index in [-0.39, 0.29) is 0 Å². The maximum atomic E-state index is 8.11. The molecule has 4 heteroatoms. The van der Waals surface area contributed by atoms with Gasteiger partial charge in [-0.15, -0.1) is 0 Å². The second kappa shape index (κ2) is 11.3. The molecule has 0 unspecified atom stereocenters. The number of hydrogen-bond donors (Lipinski definition) is 0. The van der Waals surface area contributed by atoms with Gasteiger partial charge in [-0.1, -0.05) is 133 Å². The lowest BCUT2D eigenvalue weighted by Gasteiger charge is -2.10. The van der Waals surface area contributed by atoms with Crippen LogP contribution >= 0.6 is 0 Å². The number of aromatic nitrogens is 1. The first-order valence-corrected chi connectivity index (χ1v) is 17.7. The van der Waals surface area contributed by atoms with Gasteiger partial charge in [0.15, 0.2) is 5.58 Å². The molecule has 11 aromatic rings. The molecule has 3 heterocycles. The quantitative estimate of drug-likeness (QED) is 0.174. The summed E-state index contributed by atoms with van der Waals surface area (Å²) in [7, 11) is 0. The number of benzene rings is 8. The van der Waals surface area contributed by atoms with Crippen LogP contribution in [-0.2, 0) is 0 Å². The van der Waals surface area contributed by atoms with Crippen LogP contribution < -0.4 is 0 Å². The van der Waals surface area contributed by atoms with E-state index in [1.165, 1.54) is 11.1 Å². The zero-order valence-corrected chi connectivity index (χ0v) is 28.4. The van der Waals surface area contributed by atoms with Gasteiger partial charge in [-0.05, 0) is 64.2 Å². The van der Waals surface area contributed by atoms with Gasteiger partial charge in [-0.25, -0.2) is 4.85 Å². The van der Waals surface area contributed by atoms with Crippen LogP contribution in [0.25, 0.3) is 110 Å². The molecule has 3 aromatic heterocycles. The van der Waals surface area contributed by atoms with Gasteiger partial charge in [0.05, 0.1) is 23.3 Å². The molecule has 0 atom stereocenters. The summed E-state index contributed by atoms with van der Waals surface area (Å²) in [5, 5.41) is 6.31. The summed E-state index contributed by atoms with van der Waals surface area (Å²) in [4.78, 5) is 3.92. The predicted molar refractivity (Wildman–Crippen MR) is 218 cm³/mol. The first-order valence-electron chi connectivity index (χ1n) is 17.7. The van der Waals surface area contributed by atoms with E-state index >= 15 is 0 Å². The molecule has 0 saturated heterocycles. The van der Waals surface area contributed by atoms with E-state index in [0.717, 1.165) is 88.0 Å². The third-order valence-electron chi connectivity index (χ3n) is 10.6. The van der Waals surface area contributed by atoms with Gasteiger partial charge in [0.2, 0.25) is 5.69 Å². The highest BCUT2D eigenvalue weighted by Crippen LogP contribution is 2.47. The topological polar surface area (TPSA) is 35.6 Å². The Labute approximate surface area is 304 Å². The molecule has 0 radical (unpaired) electrons. The number of nitrogens with zero attached hydrogens (tertiary/aromatic N) is 2. The predicted octanol–water partition coefficient (Wildman–Crippen LogP) is 14.1. The Morgan fingerprint density at radius 2 is 1.04 bits per heavy atom. The third kappa shape index (κ3) is 4.35. The molecule has 11 rings (SSSR count). The summed E-state index contributed by atoms with van der Waals surface area (Å²) in [6, 6.07) is 59.2. The normalized spacial score (nSPS) is 11.8. The van der Waals surface area contributed by atoms with Crippen LogP contribution in [0.4, 0.5) is 5.69 Å². The van der Waals surface area contributed by atoms with Crippen LogP contribution in [0.2, 0.25) is 0 Å². The Kier molecular flexibility index (Phi) is 6.28. The van der Waals surface area contributed by atoms with E-state index in [9.17, 15) is 0 Å². The minimum absolute atomic E-state index is 0.477. The fourth-order valence-corrected chi connectivity index (χ4v) is 8.22. The molecule has 0 fully saturated rings. The molecule has 246 valence electrons. The standard InChI is InChI=1S/C49H28N2O2/c1-50-41-25-24-35(37-18-10-17-36-34-16-8-9-21-45(34)52-47(36)37)46-38-19-11-20-44(48(38)53-49(41)46)51-42-26-22-32(30-12-4-2-5-13-30)28-39(42)40-29-33(23-27-43(40)51)31-14-6-3-7-15-31/h2-29H. The van der Waals surface area contributed by atoms with Gasteiger partial charge in [0, 0.05) is 37.9 Å². The van der Waals surface area contributed by atoms with Crippen molar-refractivity contribution >= 4 is 71.4 Å². The Morgan fingerprint density at radius 3 is 1.74 bits per heavy atom. The minimum atomic E-state index is 0.477. The molecule has 0 N–H and O–H groups in total. The third-order valence-corrected chi connectivity index (χ3v) is 10.6. The van der Waals surface area contributed by atoms with E-state index in [0.29, 0.717) is 11.3 Å². The highest BCUT2D eigenvalue weighted by molar-refractivity contribution is 6.21. The van der Waals surface area contributed by atoms with Crippen molar-refractivity contribution in [3.05, 3.63) is 181 Å². The molecule has 0 spiro atoms. The summed E-state index contributed by atoms with van der Waals surface area (Å²) < 4.78 is 15.7. The number of fused-ring (bicyclic) bond motifs is 9. The molecule has 4 nitrogen and oxygen atoms in total. The monoisotopic (exact) mass is 676 g/mol. The van der Waals surface area contributed by atoms with Gasteiger partial charge in [0.25, 0.3) is 0 Å². The molecule has 53 heavy (non-hydrogen) atoms. The van der Waals surface area contributed by atoms with Crippen molar-refractivity contribution in [3.8, 4) is 39.1 Å². The minimum Gasteiger partial charge on any atom is -0.465 e.